The maximum Gasteiger partial charge on any atom is 0.253 e. The molecule has 104 valence electrons. The fraction of sp³-hybridized carbons (Fsp3) is 0.500. The molecule has 5 heteroatoms. The molecule has 0 spiro atoms. The molecule has 0 aliphatic heterocycles. The van der Waals surface area contributed by atoms with E-state index in [9.17, 15) is 4.79 Å². The van der Waals surface area contributed by atoms with Crippen molar-refractivity contribution in [1.29, 1.82) is 0 Å². The van der Waals surface area contributed by atoms with Gasteiger partial charge < -0.3 is 10.6 Å². The van der Waals surface area contributed by atoms with Gasteiger partial charge in [0.1, 0.15) is 0 Å². The van der Waals surface area contributed by atoms with Crippen molar-refractivity contribution in [3.05, 3.63) is 33.3 Å². The first-order valence-corrected chi connectivity index (χ1v) is 7.70. The van der Waals surface area contributed by atoms with Crippen LogP contribution < -0.4 is 10.6 Å². The van der Waals surface area contributed by atoms with E-state index in [1.165, 1.54) is 0 Å². The first kappa shape index (κ1) is 14.8. The molecule has 1 aromatic carbocycles. The third-order valence-corrected chi connectivity index (χ3v) is 4.47. The molecule has 0 aromatic heterocycles. The summed E-state index contributed by atoms with van der Waals surface area (Å²) in [6, 6.07) is 6.17. The largest absolute Gasteiger partial charge is 0.349 e. The molecule has 19 heavy (non-hydrogen) atoms. The molecule has 0 bridgehead atoms. The summed E-state index contributed by atoms with van der Waals surface area (Å²) in [6.07, 6.45) is 4.24. The zero-order valence-electron chi connectivity index (χ0n) is 10.9. The lowest BCUT2D eigenvalue weighted by molar-refractivity contribution is 0.0925. The van der Waals surface area contributed by atoms with Crippen molar-refractivity contribution in [1.82, 2.24) is 10.6 Å². The van der Waals surface area contributed by atoms with E-state index >= 15 is 0 Å². The fourth-order valence-electron chi connectivity index (χ4n) is 2.46. The summed E-state index contributed by atoms with van der Waals surface area (Å²) in [5.74, 6) is -0.0841. The molecule has 0 saturated heterocycles. The van der Waals surface area contributed by atoms with Gasteiger partial charge in [0.2, 0.25) is 0 Å². The number of amides is 1. The Bertz CT molecular complexity index is 459. The molecular formula is C14H18BrClN2O. The minimum atomic E-state index is -0.0841. The third-order valence-electron chi connectivity index (χ3n) is 3.64. The summed E-state index contributed by atoms with van der Waals surface area (Å²) >= 11 is 9.42. The van der Waals surface area contributed by atoms with E-state index in [1.54, 1.807) is 12.1 Å². The topological polar surface area (TPSA) is 41.1 Å². The molecule has 1 aliphatic rings. The zero-order valence-corrected chi connectivity index (χ0v) is 13.2. The van der Waals surface area contributed by atoms with Crippen LogP contribution in [0.2, 0.25) is 5.02 Å². The number of halogens is 2. The SMILES string of the molecule is CNC1CCC(NC(=O)c2cc(Br)ccc2Cl)CC1. The highest BCUT2D eigenvalue weighted by Gasteiger charge is 2.22. The van der Waals surface area contributed by atoms with Gasteiger partial charge >= 0.3 is 0 Å². The lowest BCUT2D eigenvalue weighted by atomic mass is 9.91. The Hall–Kier alpha value is -0.580. The molecule has 0 atom stereocenters. The monoisotopic (exact) mass is 344 g/mol. The van der Waals surface area contributed by atoms with Crippen LogP contribution in [0, 0.1) is 0 Å². The predicted octanol–water partition coefficient (Wildman–Crippen LogP) is 3.36. The number of hydrogen-bond donors (Lipinski definition) is 2. The Labute approximate surface area is 127 Å². The van der Waals surface area contributed by atoms with Crippen LogP contribution in [0.15, 0.2) is 22.7 Å². The Balaban J connectivity index is 1.96. The van der Waals surface area contributed by atoms with Gasteiger partial charge in [0.25, 0.3) is 5.91 Å². The van der Waals surface area contributed by atoms with Gasteiger partial charge in [-0.25, -0.2) is 0 Å². The van der Waals surface area contributed by atoms with Crippen molar-refractivity contribution >= 4 is 33.4 Å². The summed E-state index contributed by atoms with van der Waals surface area (Å²) < 4.78 is 0.862. The van der Waals surface area contributed by atoms with E-state index in [0.29, 0.717) is 16.6 Å². The highest BCUT2D eigenvalue weighted by atomic mass is 79.9. The third kappa shape index (κ3) is 3.94. The molecule has 1 aromatic rings. The average Bonchev–Trinajstić information content (AvgIpc) is 2.42. The minimum Gasteiger partial charge on any atom is -0.349 e. The average molecular weight is 346 g/mol. The van der Waals surface area contributed by atoms with E-state index in [-0.39, 0.29) is 11.9 Å². The Kier molecular flexibility index (Phi) is 5.25. The van der Waals surface area contributed by atoms with Gasteiger partial charge in [-0.2, -0.15) is 0 Å². The highest BCUT2D eigenvalue weighted by molar-refractivity contribution is 9.10. The molecule has 2 N–H and O–H groups in total. The number of carbonyl (C=O) groups is 1. The van der Waals surface area contributed by atoms with Crippen LogP contribution in [0.3, 0.4) is 0 Å². The van der Waals surface area contributed by atoms with Crippen molar-refractivity contribution in [2.24, 2.45) is 0 Å². The van der Waals surface area contributed by atoms with E-state index in [1.807, 2.05) is 13.1 Å². The molecule has 2 rings (SSSR count). The van der Waals surface area contributed by atoms with E-state index in [4.69, 9.17) is 11.6 Å². The smallest absolute Gasteiger partial charge is 0.253 e. The predicted molar refractivity (Wildman–Crippen MR) is 81.7 cm³/mol. The highest BCUT2D eigenvalue weighted by Crippen LogP contribution is 2.23. The lowest BCUT2D eigenvalue weighted by Gasteiger charge is -2.28. The summed E-state index contributed by atoms with van der Waals surface area (Å²) in [4.78, 5) is 12.2. The molecule has 0 heterocycles. The second-order valence-electron chi connectivity index (χ2n) is 4.93. The van der Waals surface area contributed by atoms with E-state index < -0.39 is 0 Å². The summed E-state index contributed by atoms with van der Waals surface area (Å²) in [6.45, 7) is 0. The van der Waals surface area contributed by atoms with E-state index in [2.05, 4.69) is 26.6 Å². The minimum absolute atomic E-state index is 0.0841. The van der Waals surface area contributed by atoms with Crippen molar-refractivity contribution in [3.63, 3.8) is 0 Å². The molecular weight excluding hydrogens is 328 g/mol. The molecule has 1 fully saturated rings. The summed E-state index contributed by atoms with van der Waals surface area (Å²) in [5.41, 5.74) is 0.534. The van der Waals surface area contributed by atoms with Gasteiger partial charge in [0, 0.05) is 16.6 Å². The lowest BCUT2D eigenvalue weighted by Crippen LogP contribution is -2.41. The standard InChI is InChI=1S/C14H18BrClN2O/c1-17-10-3-5-11(6-4-10)18-14(19)12-8-9(15)2-7-13(12)16/h2,7-8,10-11,17H,3-6H2,1H3,(H,18,19). The van der Waals surface area contributed by atoms with Crippen LogP contribution >= 0.6 is 27.5 Å². The molecule has 1 saturated carbocycles. The second kappa shape index (κ2) is 6.73. The van der Waals surface area contributed by atoms with Crippen LogP contribution in [0.4, 0.5) is 0 Å². The molecule has 1 aliphatic carbocycles. The quantitative estimate of drug-likeness (QED) is 0.882. The van der Waals surface area contributed by atoms with Crippen molar-refractivity contribution in [3.8, 4) is 0 Å². The van der Waals surface area contributed by atoms with Crippen LogP contribution in [-0.2, 0) is 0 Å². The van der Waals surface area contributed by atoms with Gasteiger partial charge in [0.15, 0.2) is 0 Å². The Morgan fingerprint density at radius 3 is 2.53 bits per heavy atom. The number of nitrogens with one attached hydrogen (secondary N) is 2. The fourth-order valence-corrected chi connectivity index (χ4v) is 3.03. The maximum atomic E-state index is 12.2. The number of hydrogen-bond acceptors (Lipinski definition) is 2. The van der Waals surface area contributed by atoms with Crippen molar-refractivity contribution < 1.29 is 4.79 Å². The van der Waals surface area contributed by atoms with Gasteiger partial charge in [-0.15, -0.1) is 0 Å². The second-order valence-corrected chi connectivity index (χ2v) is 6.26. The van der Waals surface area contributed by atoms with Crippen LogP contribution in [0.5, 0.6) is 0 Å². The zero-order chi connectivity index (χ0) is 13.8. The van der Waals surface area contributed by atoms with Gasteiger partial charge in [-0.1, -0.05) is 27.5 Å². The first-order valence-electron chi connectivity index (χ1n) is 6.53. The Morgan fingerprint density at radius 2 is 1.89 bits per heavy atom. The normalized spacial score (nSPS) is 23.1. The summed E-state index contributed by atoms with van der Waals surface area (Å²) in [5, 5.41) is 6.85. The van der Waals surface area contributed by atoms with Crippen LogP contribution in [0.25, 0.3) is 0 Å². The number of benzene rings is 1. The first-order chi connectivity index (χ1) is 9.10. The number of carbonyl (C=O) groups excluding carboxylic acids is 1. The maximum absolute atomic E-state index is 12.2. The summed E-state index contributed by atoms with van der Waals surface area (Å²) in [7, 11) is 1.99. The number of rotatable bonds is 3. The van der Waals surface area contributed by atoms with Gasteiger partial charge in [-0.05, 0) is 50.9 Å². The van der Waals surface area contributed by atoms with Crippen molar-refractivity contribution in [2.75, 3.05) is 7.05 Å². The molecule has 3 nitrogen and oxygen atoms in total. The van der Waals surface area contributed by atoms with Gasteiger partial charge in [0.05, 0.1) is 10.6 Å². The molecule has 0 radical (unpaired) electrons. The van der Waals surface area contributed by atoms with Crippen LogP contribution in [0.1, 0.15) is 36.0 Å². The van der Waals surface area contributed by atoms with Gasteiger partial charge in [-0.3, -0.25) is 4.79 Å². The Morgan fingerprint density at radius 1 is 1.26 bits per heavy atom. The van der Waals surface area contributed by atoms with E-state index in [0.717, 1.165) is 30.2 Å². The molecule has 1 amide bonds. The molecule has 0 unspecified atom stereocenters. The van der Waals surface area contributed by atoms with Crippen LogP contribution in [-0.4, -0.2) is 25.0 Å². The van der Waals surface area contributed by atoms with Crippen molar-refractivity contribution in [2.45, 2.75) is 37.8 Å².